The SMILES string of the molecule is c1ccc(N(c2ccc(-c3cccc(N(c4ccc5sc6ccccc6c5c4)c4ccc5c6cc7oc8ccccc8c7cc6n(-c6ccccc6)c5c4)c3)cc2)c2ccc(-c3ccc4sc5ccccc5c4c3)cc2)cc1. The summed E-state index contributed by atoms with van der Waals surface area (Å²) in [5, 5.41) is 9.70. The molecule has 0 aliphatic rings. The van der Waals surface area contributed by atoms with Gasteiger partial charge in [-0.25, -0.2) is 0 Å². The van der Waals surface area contributed by atoms with Crippen molar-refractivity contribution in [2.75, 3.05) is 9.80 Å². The van der Waals surface area contributed by atoms with Crippen LogP contribution in [0.3, 0.4) is 0 Å². The van der Waals surface area contributed by atoms with Crippen molar-refractivity contribution in [3.63, 3.8) is 0 Å². The molecule has 78 heavy (non-hydrogen) atoms. The van der Waals surface area contributed by atoms with Gasteiger partial charge in [0.15, 0.2) is 0 Å². The Morgan fingerprint density at radius 3 is 1.46 bits per heavy atom. The van der Waals surface area contributed by atoms with Crippen molar-refractivity contribution in [3.8, 4) is 27.9 Å². The Kier molecular flexibility index (Phi) is 10.3. The van der Waals surface area contributed by atoms with Crippen LogP contribution >= 0.6 is 22.7 Å². The molecule has 0 N–H and O–H groups in total. The Labute approximate surface area is 457 Å². The summed E-state index contributed by atoms with van der Waals surface area (Å²) in [5.41, 5.74) is 16.3. The first kappa shape index (κ1) is 44.6. The van der Waals surface area contributed by atoms with E-state index < -0.39 is 0 Å². The van der Waals surface area contributed by atoms with Gasteiger partial charge in [-0.05, 0) is 156 Å². The van der Waals surface area contributed by atoms with Crippen molar-refractivity contribution in [1.29, 1.82) is 0 Å². The topological polar surface area (TPSA) is 24.6 Å². The predicted molar refractivity (Wildman–Crippen MR) is 334 cm³/mol. The second kappa shape index (κ2) is 18.0. The lowest BCUT2D eigenvalue weighted by atomic mass is 10.0. The summed E-state index contributed by atoms with van der Waals surface area (Å²) in [5.74, 6) is 0. The number of anilines is 6. The Hall–Kier alpha value is -9.72. The molecule has 4 nitrogen and oxygen atoms in total. The fraction of sp³-hybridized carbons (Fsp3) is 0. The molecule has 6 heteroatoms. The van der Waals surface area contributed by atoms with E-state index in [-0.39, 0.29) is 0 Å². The quantitative estimate of drug-likeness (QED) is 0.144. The van der Waals surface area contributed by atoms with Crippen LogP contribution in [0.1, 0.15) is 0 Å². The fourth-order valence-electron chi connectivity index (χ4n) is 11.9. The van der Waals surface area contributed by atoms with Crippen molar-refractivity contribution in [1.82, 2.24) is 4.57 Å². The van der Waals surface area contributed by atoms with Gasteiger partial charge in [-0.2, -0.15) is 0 Å². The number of nitrogens with zero attached hydrogens (tertiary/aromatic N) is 3. The number of hydrogen-bond donors (Lipinski definition) is 0. The van der Waals surface area contributed by atoms with Crippen molar-refractivity contribution in [2.45, 2.75) is 0 Å². The maximum absolute atomic E-state index is 6.48. The Balaban J connectivity index is 0.803. The highest BCUT2D eigenvalue weighted by molar-refractivity contribution is 7.26. The molecule has 0 atom stereocenters. The highest BCUT2D eigenvalue weighted by atomic mass is 32.1. The second-order valence-corrected chi connectivity index (χ2v) is 22.2. The van der Waals surface area contributed by atoms with E-state index >= 15 is 0 Å². The molecule has 0 radical (unpaired) electrons. The van der Waals surface area contributed by atoms with E-state index in [9.17, 15) is 0 Å². The molecule has 0 saturated carbocycles. The second-order valence-electron chi connectivity index (χ2n) is 20.1. The summed E-state index contributed by atoms with van der Waals surface area (Å²) in [7, 11) is 0. The minimum atomic E-state index is 0.891. The first-order chi connectivity index (χ1) is 38.6. The molecule has 12 aromatic carbocycles. The fourth-order valence-corrected chi connectivity index (χ4v) is 14.1. The number of rotatable bonds is 9. The monoisotopic (exact) mass is 1030 g/mol. The third-order valence-electron chi connectivity index (χ3n) is 15.6. The van der Waals surface area contributed by atoms with E-state index in [2.05, 4.69) is 281 Å². The minimum absolute atomic E-state index is 0.891. The zero-order valence-electron chi connectivity index (χ0n) is 42.0. The summed E-state index contributed by atoms with van der Waals surface area (Å²) in [6, 6.07) is 99.6. The van der Waals surface area contributed by atoms with Crippen molar-refractivity contribution < 1.29 is 4.42 Å². The highest BCUT2D eigenvalue weighted by Gasteiger charge is 2.22. The van der Waals surface area contributed by atoms with Gasteiger partial charge in [0.1, 0.15) is 11.2 Å². The highest BCUT2D eigenvalue weighted by Crippen LogP contribution is 2.46. The summed E-state index contributed by atoms with van der Waals surface area (Å²) in [4.78, 5) is 4.77. The Bertz CT molecular complexity index is 4970. The van der Waals surface area contributed by atoms with Crippen LogP contribution in [0.2, 0.25) is 0 Å². The van der Waals surface area contributed by atoms with Gasteiger partial charge < -0.3 is 18.8 Å². The average Bonchev–Trinajstić information content (AvgIpc) is 4.33. The van der Waals surface area contributed by atoms with Gasteiger partial charge in [0.05, 0.1) is 11.0 Å². The first-order valence-corrected chi connectivity index (χ1v) is 28.0. The molecule has 0 aliphatic heterocycles. The van der Waals surface area contributed by atoms with E-state index in [4.69, 9.17) is 4.42 Å². The van der Waals surface area contributed by atoms with Crippen LogP contribution in [0.25, 0.3) is 112 Å². The molecular formula is C72H45N3OS2. The molecule has 0 unspecified atom stereocenters. The van der Waals surface area contributed by atoms with Crippen molar-refractivity contribution in [2.24, 2.45) is 0 Å². The normalized spacial score (nSPS) is 11.8. The molecular weight excluding hydrogens is 987 g/mol. The van der Waals surface area contributed by atoms with Gasteiger partial charge in [0, 0.05) is 102 Å². The first-order valence-electron chi connectivity index (χ1n) is 26.4. The summed E-state index contributed by atoms with van der Waals surface area (Å²) < 4.78 is 14.1. The Morgan fingerprint density at radius 1 is 0.256 bits per heavy atom. The van der Waals surface area contributed by atoms with Crippen LogP contribution < -0.4 is 9.80 Å². The van der Waals surface area contributed by atoms with E-state index in [1.165, 1.54) is 56.9 Å². The number of para-hydroxylation sites is 3. The molecule has 366 valence electrons. The van der Waals surface area contributed by atoms with E-state index in [1.54, 1.807) is 0 Å². The maximum Gasteiger partial charge on any atom is 0.136 e. The molecule has 0 bridgehead atoms. The number of benzene rings is 12. The molecule has 16 rings (SSSR count). The zero-order chi connectivity index (χ0) is 51.3. The average molecular weight is 1030 g/mol. The van der Waals surface area contributed by atoms with E-state index in [0.29, 0.717) is 0 Å². The molecule has 0 amide bonds. The lowest BCUT2D eigenvalue weighted by molar-refractivity contribution is 0.669. The van der Waals surface area contributed by atoms with Gasteiger partial charge in [-0.3, -0.25) is 0 Å². The minimum Gasteiger partial charge on any atom is -0.456 e. The smallest absolute Gasteiger partial charge is 0.136 e. The number of thiophene rings is 2. The zero-order valence-corrected chi connectivity index (χ0v) is 43.7. The van der Waals surface area contributed by atoms with Gasteiger partial charge in [0.2, 0.25) is 0 Å². The number of hydrogen-bond acceptors (Lipinski definition) is 5. The summed E-state index contributed by atoms with van der Waals surface area (Å²) in [6.45, 7) is 0. The number of fused-ring (bicyclic) bond motifs is 12. The van der Waals surface area contributed by atoms with Crippen LogP contribution in [0.4, 0.5) is 34.1 Å². The third kappa shape index (κ3) is 7.33. The van der Waals surface area contributed by atoms with Crippen LogP contribution in [-0.2, 0) is 0 Å². The molecule has 4 heterocycles. The standard InChI is InChI=1S/C72H45N3OS2/c1-3-15-50(16-4-1)73(53-33-28-47(29-34-53)49-30-38-71-63(41-49)59-21-8-11-24-69(59)77-71)52-31-26-46(27-32-52)48-14-13-19-54(40-48)74(55-36-39-72-64(42-55)60-22-9-12-25-70(60)78-72)56-35-37-57-61-45-68-62(58-20-7-10-23-67(58)76-68)44-66(61)75(65(57)43-56)51-17-5-2-6-18-51/h1-45H. The summed E-state index contributed by atoms with van der Waals surface area (Å²) >= 11 is 3.70. The van der Waals surface area contributed by atoms with E-state index in [0.717, 1.165) is 89.3 Å². The molecule has 0 fully saturated rings. The van der Waals surface area contributed by atoms with Gasteiger partial charge >= 0.3 is 0 Å². The number of furan rings is 1. The molecule has 0 saturated heterocycles. The largest absolute Gasteiger partial charge is 0.456 e. The molecule has 0 spiro atoms. The van der Waals surface area contributed by atoms with Crippen LogP contribution in [0, 0.1) is 0 Å². The van der Waals surface area contributed by atoms with Crippen LogP contribution in [0.15, 0.2) is 277 Å². The maximum atomic E-state index is 6.48. The van der Waals surface area contributed by atoms with Crippen molar-refractivity contribution >= 4 is 141 Å². The van der Waals surface area contributed by atoms with Gasteiger partial charge in [0.25, 0.3) is 0 Å². The number of aromatic nitrogens is 1. The predicted octanol–water partition coefficient (Wildman–Crippen LogP) is 21.7. The van der Waals surface area contributed by atoms with Crippen LogP contribution in [-0.4, -0.2) is 4.57 Å². The molecule has 16 aromatic rings. The van der Waals surface area contributed by atoms with Crippen LogP contribution in [0.5, 0.6) is 0 Å². The Morgan fingerprint density at radius 2 is 0.744 bits per heavy atom. The summed E-state index contributed by atoms with van der Waals surface area (Å²) in [6.07, 6.45) is 0. The van der Waals surface area contributed by atoms with Crippen molar-refractivity contribution in [3.05, 3.63) is 273 Å². The van der Waals surface area contributed by atoms with Gasteiger partial charge in [-0.15, -0.1) is 22.7 Å². The lowest BCUT2D eigenvalue weighted by Gasteiger charge is -2.27. The lowest BCUT2D eigenvalue weighted by Crippen LogP contribution is -2.10. The molecule has 4 aromatic heterocycles. The van der Waals surface area contributed by atoms with Gasteiger partial charge in [-0.1, -0.05) is 140 Å². The molecule has 0 aliphatic carbocycles. The van der Waals surface area contributed by atoms with E-state index in [1.807, 2.05) is 28.7 Å². The third-order valence-corrected chi connectivity index (χ3v) is 17.9.